The van der Waals surface area contributed by atoms with Crippen molar-refractivity contribution in [2.75, 3.05) is 19.6 Å². The van der Waals surface area contributed by atoms with E-state index in [9.17, 15) is 14.0 Å². The number of aryl methyl sites for hydroxylation is 1. The number of nitrogens with one attached hydrogen (secondary N) is 1. The summed E-state index contributed by atoms with van der Waals surface area (Å²) >= 11 is 0. The molecule has 1 aromatic carbocycles. The van der Waals surface area contributed by atoms with Crippen LogP contribution < -0.4 is 5.32 Å². The summed E-state index contributed by atoms with van der Waals surface area (Å²) in [5.41, 5.74) is 0.829. The Morgan fingerprint density at radius 3 is 2.53 bits per heavy atom. The second-order valence-corrected chi connectivity index (χ2v) is 7.76. The molecule has 1 aromatic heterocycles. The Bertz CT molecular complexity index is 845. The first-order valence-corrected chi connectivity index (χ1v) is 10.5. The molecule has 2 aromatic rings. The molecule has 2 amide bonds. The zero-order valence-electron chi connectivity index (χ0n) is 17.6. The fraction of sp³-hybridized carbons (Fsp3) is 0.571. The monoisotopic (exact) mass is 416 g/mol. The molecule has 0 radical (unpaired) electrons. The van der Waals surface area contributed by atoms with Crippen LogP contribution in [0.5, 0.6) is 0 Å². The van der Waals surface area contributed by atoms with Gasteiger partial charge in [-0.25, -0.2) is 9.07 Å². The molecule has 0 spiro atoms. The Kier molecular flexibility index (Phi) is 7.48. The van der Waals surface area contributed by atoms with Gasteiger partial charge in [0.15, 0.2) is 0 Å². The number of unbranched alkanes of at least 4 members (excludes halogenated alkanes) is 1. The molecule has 1 aliphatic heterocycles. The van der Waals surface area contributed by atoms with E-state index < -0.39 is 6.04 Å². The van der Waals surface area contributed by atoms with Crippen molar-refractivity contribution in [3.8, 4) is 0 Å². The standard InChI is InChI=1S/C21H29FN6O2/c1-3-4-11-23-20(29)17-9-12-27(13-10-17)21(30)19(28-15(2)24-25-26-28)14-16-5-7-18(22)8-6-16/h5-8,17,19H,3-4,9-14H2,1-2H3,(H,23,29)/t19-/m1/s1. The van der Waals surface area contributed by atoms with E-state index in [1.807, 2.05) is 0 Å². The van der Waals surface area contributed by atoms with Gasteiger partial charge in [-0.1, -0.05) is 25.5 Å². The smallest absolute Gasteiger partial charge is 0.247 e. The number of amides is 2. The van der Waals surface area contributed by atoms with Crippen molar-refractivity contribution >= 4 is 11.8 Å². The second kappa shape index (κ2) is 10.3. The predicted molar refractivity (Wildman–Crippen MR) is 109 cm³/mol. The predicted octanol–water partition coefficient (Wildman–Crippen LogP) is 2.06. The highest BCUT2D eigenvalue weighted by molar-refractivity contribution is 5.82. The molecule has 1 saturated heterocycles. The normalized spacial score (nSPS) is 15.8. The summed E-state index contributed by atoms with van der Waals surface area (Å²) in [6, 6.07) is 5.49. The van der Waals surface area contributed by atoms with Crippen LogP contribution in [0.2, 0.25) is 0 Å². The minimum absolute atomic E-state index is 0.0590. The number of hydrogen-bond acceptors (Lipinski definition) is 5. The minimum Gasteiger partial charge on any atom is -0.356 e. The van der Waals surface area contributed by atoms with Crippen LogP contribution in [0.1, 0.15) is 50.0 Å². The number of likely N-dealkylation sites (tertiary alicyclic amines) is 1. The van der Waals surface area contributed by atoms with E-state index in [1.54, 1.807) is 24.0 Å². The zero-order chi connectivity index (χ0) is 21.5. The Labute approximate surface area is 175 Å². The van der Waals surface area contributed by atoms with E-state index in [0.29, 0.717) is 44.7 Å². The van der Waals surface area contributed by atoms with Gasteiger partial charge < -0.3 is 10.2 Å². The number of hydrogen-bond donors (Lipinski definition) is 1. The summed E-state index contributed by atoms with van der Waals surface area (Å²) in [7, 11) is 0. The quantitative estimate of drug-likeness (QED) is 0.665. The van der Waals surface area contributed by atoms with Crippen molar-refractivity contribution in [3.05, 3.63) is 41.5 Å². The molecule has 9 heteroatoms. The third-order valence-corrected chi connectivity index (χ3v) is 5.59. The van der Waals surface area contributed by atoms with Crippen molar-refractivity contribution in [2.45, 2.75) is 52.0 Å². The fourth-order valence-electron chi connectivity index (χ4n) is 3.75. The number of nitrogens with zero attached hydrogens (tertiary/aromatic N) is 5. The number of halogens is 1. The number of tetrazole rings is 1. The second-order valence-electron chi connectivity index (χ2n) is 7.76. The van der Waals surface area contributed by atoms with Crippen LogP contribution in [-0.2, 0) is 16.0 Å². The first-order chi connectivity index (χ1) is 14.5. The summed E-state index contributed by atoms with van der Waals surface area (Å²) in [6.45, 7) is 5.58. The van der Waals surface area contributed by atoms with Crippen LogP contribution in [0.3, 0.4) is 0 Å². The molecule has 0 aliphatic carbocycles. The van der Waals surface area contributed by atoms with E-state index in [4.69, 9.17) is 0 Å². The number of carbonyl (C=O) groups is 2. The SMILES string of the molecule is CCCCNC(=O)C1CCN(C(=O)[C@@H](Cc2ccc(F)cc2)n2nnnc2C)CC1. The topological polar surface area (TPSA) is 93.0 Å². The molecule has 30 heavy (non-hydrogen) atoms. The van der Waals surface area contributed by atoms with Crippen molar-refractivity contribution in [1.82, 2.24) is 30.4 Å². The lowest BCUT2D eigenvalue weighted by atomic mass is 9.94. The van der Waals surface area contributed by atoms with Crippen LogP contribution in [0.15, 0.2) is 24.3 Å². The van der Waals surface area contributed by atoms with Gasteiger partial charge in [0.25, 0.3) is 0 Å². The molecular weight excluding hydrogens is 387 g/mol. The van der Waals surface area contributed by atoms with Crippen LogP contribution in [0.25, 0.3) is 0 Å². The summed E-state index contributed by atoms with van der Waals surface area (Å²) in [5, 5.41) is 14.6. The molecule has 1 aliphatic rings. The lowest BCUT2D eigenvalue weighted by molar-refractivity contribution is -0.138. The Morgan fingerprint density at radius 1 is 1.23 bits per heavy atom. The van der Waals surface area contributed by atoms with E-state index in [-0.39, 0.29) is 23.5 Å². The molecule has 1 atom stereocenters. The lowest BCUT2D eigenvalue weighted by Gasteiger charge is -2.33. The van der Waals surface area contributed by atoms with E-state index in [1.165, 1.54) is 16.8 Å². The van der Waals surface area contributed by atoms with Gasteiger partial charge >= 0.3 is 0 Å². The highest BCUT2D eigenvalue weighted by Crippen LogP contribution is 2.23. The van der Waals surface area contributed by atoms with E-state index in [2.05, 4.69) is 27.8 Å². The molecule has 0 saturated carbocycles. The minimum atomic E-state index is -0.611. The number of rotatable bonds is 8. The number of aromatic nitrogens is 4. The molecular formula is C21H29FN6O2. The van der Waals surface area contributed by atoms with Crippen LogP contribution in [0.4, 0.5) is 4.39 Å². The summed E-state index contributed by atoms with van der Waals surface area (Å²) in [5.74, 6) is 0.158. The molecule has 2 heterocycles. The third-order valence-electron chi connectivity index (χ3n) is 5.59. The largest absolute Gasteiger partial charge is 0.356 e. The molecule has 0 unspecified atom stereocenters. The van der Waals surface area contributed by atoms with Crippen molar-refractivity contribution in [2.24, 2.45) is 5.92 Å². The Morgan fingerprint density at radius 2 is 1.93 bits per heavy atom. The van der Waals surface area contributed by atoms with Gasteiger partial charge in [-0.3, -0.25) is 9.59 Å². The lowest BCUT2D eigenvalue weighted by Crippen LogP contribution is -2.46. The maximum atomic E-state index is 13.3. The Hall–Kier alpha value is -2.84. The van der Waals surface area contributed by atoms with Crippen molar-refractivity contribution < 1.29 is 14.0 Å². The maximum absolute atomic E-state index is 13.3. The molecule has 1 N–H and O–H groups in total. The van der Waals surface area contributed by atoms with Gasteiger partial charge in [-0.05, 0) is 54.3 Å². The van der Waals surface area contributed by atoms with Gasteiger partial charge in [0.1, 0.15) is 17.7 Å². The van der Waals surface area contributed by atoms with Crippen LogP contribution >= 0.6 is 0 Å². The van der Waals surface area contributed by atoms with Gasteiger partial charge in [0.05, 0.1) is 0 Å². The van der Waals surface area contributed by atoms with Crippen molar-refractivity contribution in [3.63, 3.8) is 0 Å². The van der Waals surface area contributed by atoms with E-state index in [0.717, 1.165) is 18.4 Å². The van der Waals surface area contributed by atoms with Gasteiger partial charge in [-0.2, -0.15) is 0 Å². The molecule has 0 bridgehead atoms. The highest BCUT2D eigenvalue weighted by Gasteiger charge is 2.33. The summed E-state index contributed by atoms with van der Waals surface area (Å²) in [4.78, 5) is 27.4. The fourth-order valence-corrected chi connectivity index (χ4v) is 3.75. The maximum Gasteiger partial charge on any atom is 0.247 e. The van der Waals surface area contributed by atoms with Gasteiger partial charge in [0.2, 0.25) is 11.8 Å². The van der Waals surface area contributed by atoms with Crippen LogP contribution in [0, 0.1) is 18.7 Å². The number of carbonyl (C=O) groups excluding carboxylic acids is 2. The summed E-state index contributed by atoms with van der Waals surface area (Å²) in [6.07, 6.45) is 3.66. The number of piperidine rings is 1. The van der Waals surface area contributed by atoms with Crippen LogP contribution in [-0.4, -0.2) is 56.6 Å². The average molecular weight is 417 g/mol. The zero-order valence-corrected chi connectivity index (χ0v) is 17.6. The first kappa shape index (κ1) is 21.9. The van der Waals surface area contributed by atoms with Gasteiger partial charge in [-0.15, -0.1) is 5.10 Å². The third kappa shape index (κ3) is 5.40. The molecule has 1 fully saturated rings. The molecule has 8 nitrogen and oxygen atoms in total. The van der Waals surface area contributed by atoms with Crippen molar-refractivity contribution in [1.29, 1.82) is 0 Å². The molecule has 162 valence electrons. The Balaban J connectivity index is 1.66. The first-order valence-electron chi connectivity index (χ1n) is 10.5. The highest BCUT2D eigenvalue weighted by atomic mass is 19.1. The van der Waals surface area contributed by atoms with Gasteiger partial charge in [0, 0.05) is 32.0 Å². The average Bonchev–Trinajstić information content (AvgIpc) is 3.18. The summed E-state index contributed by atoms with van der Waals surface area (Å²) < 4.78 is 14.8. The molecule has 3 rings (SSSR count). The van der Waals surface area contributed by atoms with E-state index >= 15 is 0 Å². The number of benzene rings is 1.